The monoisotopic (exact) mass is 358 g/mol. The van der Waals surface area contributed by atoms with Gasteiger partial charge in [0, 0.05) is 29.8 Å². The number of nitrogens with one attached hydrogen (secondary N) is 2. The third-order valence-electron chi connectivity index (χ3n) is 4.57. The van der Waals surface area contributed by atoms with Crippen molar-refractivity contribution in [2.75, 3.05) is 11.9 Å². The third-order valence-corrected chi connectivity index (χ3v) is 4.57. The third kappa shape index (κ3) is 2.66. The number of aromatic amines is 1. The second-order valence-corrected chi connectivity index (χ2v) is 6.25. The van der Waals surface area contributed by atoms with Gasteiger partial charge in [0.05, 0.1) is 29.9 Å². The van der Waals surface area contributed by atoms with Crippen molar-refractivity contribution >= 4 is 16.6 Å². The Kier molecular flexibility index (Phi) is 3.50. The number of anilines is 1. The lowest BCUT2D eigenvalue weighted by atomic mass is 10.0. The van der Waals surface area contributed by atoms with Gasteiger partial charge in [-0.15, -0.1) is 0 Å². The van der Waals surface area contributed by atoms with Gasteiger partial charge in [-0.05, 0) is 18.2 Å². The summed E-state index contributed by atoms with van der Waals surface area (Å²) in [5.41, 5.74) is 3.87. The van der Waals surface area contributed by atoms with E-state index in [1.807, 2.05) is 18.2 Å². The van der Waals surface area contributed by atoms with Crippen molar-refractivity contribution in [1.82, 2.24) is 20.2 Å². The Balaban J connectivity index is 1.49. The van der Waals surface area contributed by atoms with Crippen molar-refractivity contribution in [3.8, 4) is 23.3 Å². The highest BCUT2D eigenvalue weighted by molar-refractivity contribution is 5.93. The lowest BCUT2D eigenvalue weighted by Crippen LogP contribution is -2.21. The van der Waals surface area contributed by atoms with Gasteiger partial charge in [0.25, 0.3) is 0 Å². The fourth-order valence-corrected chi connectivity index (χ4v) is 3.28. The molecule has 1 aromatic carbocycles. The van der Waals surface area contributed by atoms with Crippen LogP contribution in [0.4, 0.5) is 5.69 Å². The molecule has 2 N–H and O–H groups in total. The summed E-state index contributed by atoms with van der Waals surface area (Å²) in [6.07, 6.45) is 5.38. The molecule has 0 saturated heterocycles. The molecule has 3 aromatic heterocycles. The van der Waals surface area contributed by atoms with Crippen molar-refractivity contribution in [3.05, 3.63) is 54.3 Å². The van der Waals surface area contributed by atoms with Crippen LogP contribution in [0.25, 0.3) is 22.4 Å². The fraction of sp³-hybridized carbons (Fsp3) is 0.158. The summed E-state index contributed by atoms with van der Waals surface area (Å²) in [6.45, 7) is 0.568. The minimum atomic E-state index is -0.000395. The largest absolute Gasteiger partial charge is 0.491 e. The Hall–Kier alpha value is -3.86. The van der Waals surface area contributed by atoms with Crippen LogP contribution in [0.1, 0.15) is 23.7 Å². The molecule has 1 aliphatic rings. The lowest BCUT2D eigenvalue weighted by Gasteiger charge is -2.26. The number of oxazole rings is 1. The molecular formula is C19H14N6O2. The first-order chi connectivity index (χ1) is 13.3. The summed E-state index contributed by atoms with van der Waals surface area (Å²) in [7, 11) is 0. The molecule has 8 nitrogen and oxygen atoms in total. The number of nitriles is 1. The zero-order valence-corrected chi connectivity index (χ0v) is 14.1. The number of fused-ring (bicyclic) bond motifs is 2. The fourth-order valence-electron chi connectivity index (χ4n) is 3.28. The molecule has 0 saturated carbocycles. The van der Waals surface area contributed by atoms with Crippen LogP contribution >= 0.6 is 0 Å². The molecule has 1 atom stereocenters. The van der Waals surface area contributed by atoms with Crippen molar-refractivity contribution in [1.29, 1.82) is 5.26 Å². The summed E-state index contributed by atoms with van der Waals surface area (Å²) >= 11 is 0. The average Bonchev–Trinajstić information content (AvgIpc) is 3.37. The van der Waals surface area contributed by atoms with Gasteiger partial charge in [0.15, 0.2) is 12.2 Å². The molecule has 27 heavy (non-hydrogen) atoms. The van der Waals surface area contributed by atoms with Gasteiger partial charge >= 0.3 is 0 Å². The first-order valence-corrected chi connectivity index (χ1v) is 8.48. The minimum Gasteiger partial charge on any atom is -0.491 e. The SMILES string of the molecule is N#Cc1cnc2c(c1)OCC[C@H]2Nc1ccc2[nH]nc(-c3cnco3)c2c1. The maximum Gasteiger partial charge on any atom is 0.181 e. The van der Waals surface area contributed by atoms with Crippen molar-refractivity contribution < 1.29 is 9.15 Å². The molecule has 5 rings (SSSR count). The van der Waals surface area contributed by atoms with E-state index in [2.05, 4.69) is 31.6 Å². The van der Waals surface area contributed by atoms with Gasteiger partial charge < -0.3 is 14.5 Å². The van der Waals surface area contributed by atoms with Crippen LogP contribution in [0.5, 0.6) is 5.75 Å². The quantitative estimate of drug-likeness (QED) is 0.577. The van der Waals surface area contributed by atoms with Gasteiger partial charge in [0.2, 0.25) is 0 Å². The van der Waals surface area contributed by atoms with E-state index in [-0.39, 0.29) is 6.04 Å². The normalized spacial score (nSPS) is 15.7. The summed E-state index contributed by atoms with van der Waals surface area (Å²) in [4.78, 5) is 8.39. The summed E-state index contributed by atoms with van der Waals surface area (Å²) < 4.78 is 11.0. The Morgan fingerprint density at radius 1 is 1.26 bits per heavy atom. The van der Waals surface area contributed by atoms with Crippen molar-refractivity contribution in [2.24, 2.45) is 0 Å². The first-order valence-electron chi connectivity index (χ1n) is 8.48. The molecule has 0 aliphatic carbocycles. The van der Waals surface area contributed by atoms with E-state index >= 15 is 0 Å². The van der Waals surface area contributed by atoms with E-state index < -0.39 is 0 Å². The standard InChI is InChI=1S/C19H14N6O2/c20-7-11-5-16-19(22-8-11)15(3-4-26-16)23-12-1-2-14-13(6-12)18(25-24-14)17-9-21-10-27-17/h1-2,5-6,8-10,15,23H,3-4H2,(H,24,25)/t15-/m1/s1. The number of rotatable bonds is 3. The van der Waals surface area contributed by atoms with E-state index in [1.165, 1.54) is 6.39 Å². The molecule has 4 aromatic rings. The molecule has 8 heteroatoms. The van der Waals surface area contributed by atoms with Crippen LogP contribution in [0.15, 0.2) is 47.5 Å². The smallest absolute Gasteiger partial charge is 0.181 e. The van der Waals surface area contributed by atoms with Gasteiger partial charge in [0.1, 0.15) is 23.2 Å². The predicted octanol–water partition coefficient (Wildman–Crippen LogP) is 3.42. The van der Waals surface area contributed by atoms with E-state index in [1.54, 1.807) is 18.5 Å². The first kappa shape index (κ1) is 15.4. The summed E-state index contributed by atoms with van der Waals surface area (Å²) in [6, 6.07) is 9.81. The number of hydrogen-bond donors (Lipinski definition) is 2. The summed E-state index contributed by atoms with van der Waals surface area (Å²) in [5, 5.41) is 20.8. The van der Waals surface area contributed by atoms with Crippen LogP contribution < -0.4 is 10.1 Å². The van der Waals surface area contributed by atoms with E-state index in [0.717, 1.165) is 34.4 Å². The maximum atomic E-state index is 9.04. The molecule has 0 fully saturated rings. The molecule has 0 spiro atoms. The Morgan fingerprint density at radius 2 is 2.22 bits per heavy atom. The van der Waals surface area contributed by atoms with E-state index in [0.29, 0.717) is 23.7 Å². The topological polar surface area (TPSA) is 113 Å². The number of hydrogen-bond acceptors (Lipinski definition) is 7. The second-order valence-electron chi connectivity index (χ2n) is 6.25. The van der Waals surface area contributed by atoms with Gasteiger partial charge in [-0.3, -0.25) is 10.1 Å². The van der Waals surface area contributed by atoms with Gasteiger partial charge in [-0.25, -0.2) is 4.98 Å². The maximum absolute atomic E-state index is 9.04. The van der Waals surface area contributed by atoms with Crippen molar-refractivity contribution in [3.63, 3.8) is 0 Å². The van der Waals surface area contributed by atoms with Crippen LogP contribution in [0, 0.1) is 11.3 Å². The van der Waals surface area contributed by atoms with Crippen LogP contribution in [0.2, 0.25) is 0 Å². The molecule has 1 aliphatic heterocycles. The number of nitrogens with zero attached hydrogens (tertiary/aromatic N) is 4. The highest BCUT2D eigenvalue weighted by Crippen LogP contribution is 2.35. The molecule has 0 radical (unpaired) electrons. The minimum absolute atomic E-state index is 0.000395. The second kappa shape index (κ2) is 6.14. The summed E-state index contributed by atoms with van der Waals surface area (Å²) in [5.74, 6) is 1.27. The molecule has 0 unspecified atom stereocenters. The van der Waals surface area contributed by atoms with Crippen LogP contribution in [-0.4, -0.2) is 26.8 Å². The van der Waals surface area contributed by atoms with Gasteiger partial charge in [-0.1, -0.05) is 0 Å². The zero-order chi connectivity index (χ0) is 18.2. The van der Waals surface area contributed by atoms with Crippen molar-refractivity contribution in [2.45, 2.75) is 12.5 Å². The predicted molar refractivity (Wildman–Crippen MR) is 97.0 cm³/mol. The number of H-pyrrole nitrogens is 1. The Bertz CT molecular complexity index is 1160. The van der Waals surface area contributed by atoms with E-state index in [4.69, 9.17) is 14.4 Å². The van der Waals surface area contributed by atoms with Gasteiger partial charge in [-0.2, -0.15) is 10.4 Å². The number of ether oxygens (including phenoxy) is 1. The van der Waals surface area contributed by atoms with E-state index in [9.17, 15) is 0 Å². The number of pyridine rings is 1. The zero-order valence-electron chi connectivity index (χ0n) is 14.1. The molecule has 0 amide bonds. The van der Waals surface area contributed by atoms with Crippen LogP contribution in [0.3, 0.4) is 0 Å². The lowest BCUT2D eigenvalue weighted by molar-refractivity contribution is 0.270. The highest BCUT2D eigenvalue weighted by Gasteiger charge is 2.23. The Labute approximate surface area is 153 Å². The number of benzene rings is 1. The molecule has 132 valence electrons. The number of aromatic nitrogens is 4. The molecule has 0 bridgehead atoms. The highest BCUT2D eigenvalue weighted by atomic mass is 16.5. The average molecular weight is 358 g/mol. The molecule has 4 heterocycles. The van der Waals surface area contributed by atoms with Crippen LogP contribution in [-0.2, 0) is 0 Å². The molecular weight excluding hydrogens is 344 g/mol. The Morgan fingerprint density at radius 3 is 3.07 bits per heavy atom.